The molecule has 1 fully saturated rings. The van der Waals surface area contributed by atoms with Crippen molar-refractivity contribution < 1.29 is 18.0 Å². The third kappa shape index (κ3) is 6.88. The summed E-state index contributed by atoms with van der Waals surface area (Å²) in [5, 5.41) is 3.26. The fourth-order valence-corrected chi connectivity index (χ4v) is 6.33. The van der Waals surface area contributed by atoms with Gasteiger partial charge in [-0.25, -0.2) is 13.2 Å². The molecular formula is C29H26ClF3N2OS. The number of anilines is 1. The lowest BCUT2D eigenvalue weighted by atomic mass is 9.93. The largest absolute Gasteiger partial charge is 0.322 e. The standard InChI is InChI=1S/C29H26ClF3N2OS/c1-17(3-5-19-9-11-34-12-10-19)13-20-6-4-18(2)28(20)37-26-14-21(7-8-23(26)30)29(36)35-22-15-24(31)27(33)25(32)16-22/h7-12,14-18,20,28H,4,6,13H2,1-2H3,(H,35,36). The Labute approximate surface area is 224 Å². The maximum absolute atomic E-state index is 13.5. The lowest BCUT2D eigenvalue weighted by molar-refractivity contribution is 0.102. The van der Waals surface area contributed by atoms with E-state index in [-0.39, 0.29) is 17.2 Å². The van der Waals surface area contributed by atoms with Crippen molar-refractivity contribution in [2.24, 2.45) is 17.8 Å². The van der Waals surface area contributed by atoms with Crippen molar-refractivity contribution >= 4 is 35.0 Å². The van der Waals surface area contributed by atoms with Gasteiger partial charge >= 0.3 is 0 Å². The van der Waals surface area contributed by atoms with Crippen LogP contribution in [0.15, 0.2) is 59.8 Å². The molecule has 2 aromatic carbocycles. The molecule has 0 spiro atoms. The third-order valence-electron chi connectivity index (χ3n) is 6.52. The maximum atomic E-state index is 13.5. The molecule has 1 heterocycles. The van der Waals surface area contributed by atoms with Crippen molar-refractivity contribution in [2.45, 2.75) is 43.3 Å². The molecule has 3 aromatic rings. The van der Waals surface area contributed by atoms with E-state index in [1.54, 1.807) is 42.4 Å². The van der Waals surface area contributed by atoms with Gasteiger partial charge in [-0.2, -0.15) is 0 Å². The average molecular weight is 543 g/mol. The van der Waals surface area contributed by atoms with E-state index in [0.29, 0.717) is 22.1 Å². The van der Waals surface area contributed by atoms with Gasteiger partial charge in [0.1, 0.15) is 0 Å². The second-order valence-electron chi connectivity index (χ2n) is 9.39. The van der Waals surface area contributed by atoms with Crippen LogP contribution in [-0.2, 0) is 0 Å². The predicted octanol–water partition coefficient (Wildman–Crippen LogP) is 7.99. The number of rotatable bonds is 6. The van der Waals surface area contributed by atoms with Gasteiger partial charge in [0.15, 0.2) is 17.5 Å². The Bertz CT molecular complexity index is 1320. The summed E-state index contributed by atoms with van der Waals surface area (Å²) < 4.78 is 40.3. The number of thioether (sulfide) groups is 1. The third-order valence-corrected chi connectivity index (χ3v) is 8.67. The maximum Gasteiger partial charge on any atom is 0.255 e. The van der Waals surface area contributed by atoms with Gasteiger partial charge in [-0.1, -0.05) is 37.3 Å². The van der Waals surface area contributed by atoms with Crippen LogP contribution in [0.5, 0.6) is 0 Å². The van der Waals surface area contributed by atoms with E-state index in [0.717, 1.165) is 41.9 Å². The first-order valence-corrected chi connectivity index (χ1v) is 13.3. The van der Waals surface area contributed by atoms with Crippen molar-refractivity contribution in [3.63, 3.8) is 0 Å². The van der Waals surface area contributed by atoms with Gasteiger partial charge in [0.05, 0.1) is 5.02 Å². The summed E-state index contributed by atoms with van der Waals surface area (Å²) in [5.41, 5.74) is 1.06. The quantitative estimate of drug-likeness (QED) is 0.253. The van der Waals surface area contributed by atoms with E-state index in [1.165, 1.54) is 0 Å². The monoisotopic (exact) mass is 542 g/mol. The molecule has 3 nitrogen and oxygen atoms in total. The van der Waals surface area contributed by atoms with Gasteiger partial charge in [0.25, 0.3) is 5.91 Å². The van der Waals surface area contributed by atoms with Crippen LogP contribution < -0.4 is 5.32 Å². The molecule has 4 atom stereocenters. The minimum atomic E-state index is -1.58. The number of carbonyl (C=O) groups is 1. The van der Waals surface area contributed by atoms with Gasteiger partial charge in [0.2, 0.25) is 0 Å². The SMILES string of the molecule is CC(C#Cc1ccncc1)CC1CCC(C)C1Sc1cc(C(=O)Nc2cc(F)c(F)c(F)c2)ccc1Cl. The van der Waals surface area contributed by atoms with E-state index in [1.807, 2.05) is 12.1 Å². The Hall–Kier alpha value is -2.95. The summed E-state index contributed by atoms with van der Waals surface area (Å²) in [7, 11) is 0. The zero-order valence-corrected chi connectivity index (χ0v) is 22.0. The fraction of sp³-hybridized carbons (Fsp3) is 0.310. The fourth-order valence-electron chi connectivity index (χ4n) is 4.60. The number of amides is 1. The molecule has 1 aliphatic rings. The molecule has 4 unspecified atom stereocenters. The van der Waals surface area contributed by atoms with E-state index >= 15 is 0 Å². The average Bonchev–Trinajstić information content (AvgIpc) is 3.21. The highest BCUT2D eigenvalue weighted by Crippen LogP contribution is 2.46. The topological polar surface area (TPSA) is 42.0 Å². The van der Waals surface area contributed by atoms with Crippen molar-refractivity contribution in [1.82, 2.24) is 4.98 Å². The van der Waals surface area contributed by atoms with Crippen LogP contribution >= 0.6 is 23.4 Å². The molecule has 0 radical (unpaired) electrons. The number of benzene rings is 2. The Morgan fingerprint density at radius 1 is 1.14 bits per heavy atom. The molecule has 0 aliphatic heterocycles. The second-order valence-corrected chi connectivity index (χ2v) is 11.0. The van der Waals surface area contributed by atoms with Crippen LogP contribution in [-0.4, -0.2) is 16.1 Å². The van der Waals surface area contributed by atoms with Crippen molar-refractivity contribution in [3.8, 4) is 11.8 Å². The lowest BCUT2D eigenvalue weighted by Gasteiger charge is -2.24. The van der Waals surface area contributed by atoms with Crippen LogP contribution in [0.25, 0.3) is 0 Å². The molecule has 8 heteroatoms. The Kier molecular flexibility index (Phi) is 8.83. The van der Waals surface area contributed by atoms with Gasteiger partial charge in [0, 0.05) is 57.4 Å². The van der Waals surface area contributed by atoms with E-state index in [4.69, 9.17) is 11.6 Å². The zero-order chi connectivity index (χ0) is 26.5. The molecule has 1 N–H and O–H groups in total. The number of hydrogen-bond donors (Lipinski definition) is 1. The molecule has 37 heavy (non-hydrogen) atoms. The van der Waals surface area contributed by atoms with Crippen LogP contribution in [0, 0.1) is 47.0 Å². The molecule has 1 saturated carbocycles. The molecule has 0 saturated heterocycles. The number of nitrogens with one attached hydrogen (secondary N) is 1. The smallest absolute Gasteiger partial charge is 0.255 e. The van der Waals surface area contributed by atoms with Gasteiger partial charge < -0.3 is 5.32 Å². The number of hydrogen-bond acceptors (Lipinski definition) is 3. The van der Waals surface area contributed by atoms with E-state index in [2.05, 4.69) is 36.0 Å². The van der Waals surface area contributed by atoms with E-state index in [9.17, 15) is 18.0 Å². The highest BCUT2D eigenvalue weighted by molar-refractivity contribution is 8.00. The summed E-state index contributed by atoms with van der Waals surface area (Å²) in [5.74, 6) is 2.81. The van der Waals surface area contributed by atoms with Gasteiger partial charge in [-0.3, -0.25) is 9.78 Å². The molecular weight excluding hydrogens is 517 g/mol. The van der Waals surface area contributed by atoms with Crippen LogP contribution in [0.2, 0.25) is 5.02 Å². The first-order chi connectivity index (χ1) is 17.7. The summed E-state index contributed by atoms with van der Waals surface area (Å²) in [6.45, 7) is 4.37. The van der Waals surface area contributed by atoms with Gasteiger partial charge in [-0.15, -0.1) is 11.8 Å². The number of aromatic nitrogens is 1. The highest BCUT2D eigenvalue weighted by atomic mass is 35.5. The number of carbonyl (C=O) groups excluding carboxylic acids is 1. The van der Waals surface area contributed by atoms with Crippen molar-refractivity contribution in [2.75, 3.05) is 5.32 Å². The highest BCUT2D eigenvalue weighted by Gasteiger charge is 2.35. The van der Waals surface area contributed by atoms with Crippen molar-refractivity contribution in [1.29, 1.82) is 0 Å². The van der Waals surface area contributed by atoms with Crippen LogP contribution in [0.3, 0.4) is 0 Å². The Balaban J connectivity index is 1.46. The lowest BCUT2D eigenvalue weighted by Crippen LogP contribution is -2.18. The van der Waals surface area contributed by atoms with E-state index < -0.39 is 23.4 Å². The summed E-state index contributed by atoms with van der Waals surface area (Å²) in [6.07, 6.45) is 6.62. The minimum absolute atomic E-state index is 0.170. The first-order valence-electron chi connectivity index (χ1n) is 12.0. The van der Waals surface area contributed by atoms with Gasteiger partial charge in [-0.05, 0) is 61.4 Å². The van der Waals surface area contributed by atoms with Crippen LogP contribution in [0.4, 0.5) is 18.9 Å². The zero-order valence-electron chi connectivity index (χ0n) is 20.4. The summed E-state index contributed by atoms with van der Waals surface area (Å²) in [4.78, 5) is 17.6. The normalized spacial score (nSPS) is 19.7. The number of nitrogens with zero attached hydrogens (tertiary/aromatic N) is 1. The second kappa shape index (κ2) is 12.1. The first kappa shape index (κ1) is 27.1. The Morgan fingerprint density at radius 2 is 1.84 bits per heavy atom. The molecule has 1 amide bonds. The minimum Gasteiger partial charge on any atom is -0.322 e. The predicted molar refractivity (Wildman–Crippen MR) is 142 cm³/mol. The summed E-state index contributed by atoms with van der Waals surface area (Å²) in [6, 6.07) is 10.1. The number of pyridine rings is 1. The molecule has 1 aromatic heterocycles. The molecule has 4 rings (SSSR count). The molecule has 0 bridgehead atoms. The number of halogens is 4. The molecule has 1 aliphatic carbocycles. The van der Waals surface area contributed by atoms with Crippen molar-refractivity contribution in [3.05, 3.63) is 88.5 Å². The summed E-state index contributed by atoms with van der Waals surface area (Å²) >= 11 is 8.15. The Morgan fingerprint density at radius 3 is 2.54 bits per heavy atom. The van der Waals surface area contributed by atoms with Crippen LogP contribution in [0.1, 0.15) is 49.0 Å². The molecule has 192 valence electrons.